The van der Waals surface area contributed by atoms with Gasteiger partial charge in [-0.15, -0.1) is 0 Å². The van der Waals surface area contributed by atoms with E-state index in [0.29, 0.717) is 13.0 Å². The van der Waals surface area contributed by atoms with Crippen LogP contribution in [0.5, 0.6) is 0 Å². The van der Waals surface area contributed by atoms with Crippen LogP contribution in [-0.2, 0) is 13.0 Å². The van der Waals surface area contributed by atoms with Gasteiger partial charge < -0.3 is 4.57 Å². The van der Waals surface area contributed by atoms with Gasteiger partial charge in [-0.05, 0) is 48.6 Å². The fourth-order valence-corrected chi connectivity index (χ4v) is 3.26. The molecule has 0 bridgehead atoms. The number of aryl methyl sites for hydroxylation is 1. The molecule has 0 atom stereocenters. The maximum Gasteiger partial charge on any atom is 0.164 e. The first kappa shape index (κ1) is 13.6. The molecule has 0 N–H and O–H groups in total. The van der Waals surface area contributed by atoms with Crippen molar-refractivity contribution in [2.75, 3.05) is 0 Å². The predicted octanol–water partition coefficient (Wildman–Crippen LogP) is 4.35. The summed E-state index contributed by atoms with van der Waals surface area (Å²) in [6, 6.07) is 4.87. The molecule has 4 heteroatoms. The van der Waals surface area contributed by atoms with Crippen molar-refractivity contribution in [3.8, 4) is 0 Å². The van der Waals surface area contributed by atoms with Crippen LogP contribution in [0.1, 0.15) is 40.7 Å². The van der Waals surface area contributed by atoms with E-state index in [4.69, 9.17) is 0 Å². The third kappa shape index (κ3) is 2.85. The Labute approximate surface area is 125 Å². The molecule has 2 nitrogen and oxygen atoms in total. The summed E-state index contributed by atoms with van der Waals surface area (Å²) < 4.78 is 16.1. The predicted molar refractivity (Wildman–Crippen MR) is 79.5 cm³/mol. The Balaban J connectivity index is 1.88. The Bertz CT molecular complexity index is 642. The van der Waals surface area contributed by atoms with Crippen molar-refractivity contribution in [3.05, 3.63) is 57.6 Å². The number of Topliss-reactive ketones (excluding diaryl/α,β-unsaturated/α-hetero) is 1. The number of carbonyl (C=O) groups is 1. The molecule has 1 aliphatic carbocycles. The molecular formula is C16H15BrFNO. The molecule has 20 heavy (non-hydrogen) atoms. The largest absolute Gasteiger partial charge is 0.349 e. The Morgan fingerprint density at radius 3 is 2.75 bits per heavy atom. The molecule has 0 amide bonds. The van der Waals surface area contributed by atoms with Gasteiger partial charge in [0.05, 0.1) is 0 Å². The van der Waals surface area contributed by atoms with Crippen molar-refractivity contribution in [1.82, 2.24) is 4.57 Å². The van der Waals surface area contributed by atoms with Crippen molar-refractivity contribution in [3.63, 3.8) is 0 Å². The van der Waals surface area contributed by atoms with Gasteiger partial charge in [0.25, 0.3) is 0 Å². The van der Waals surface area contributed by atoms with Crippen LogP contribution in [0.2, 0.25) is 0 Å². The fourth-order valence-electron chi connectivity index (χ4n) is 2.75. The molecule has 1 heterocycles. The summed E-state index contributed by atoms with van der Waals surface area (Å²) in [4.78, 5) is 12.0. The van der Waals surface area contributed by atoms with E-state index in [-0.39, 0.29) is 11.6 Å². The highest BCUT2D eigenvalue weighted by Crippen LogP contribution is 2.23. The van der Waals surface area contributed by atoms with E-state index in [1.807, 2.05) is 23.0 Å². The Morgan fingerprint density at radius 1 is 1.15 bits per heavy atom. The second kappa shape index (κ2) is 5.52. The molecule has 1 aromatic heterocycles. The van der Waals surface area contributed by atoms with E-state index < -0.39 is 0 Å². The number of carbonyl (C=O) groups excluding carboxylic acids is 1. The van der Waals surface area contributed by atoms with Gasteiger partial charge in [0.1, 0.15) is 5.82 Å². The molecule has 3 rings (SSSR count). The van der Waals surface area contributed by atoms with Crippen LogP contribution in [-0.4, -0.2) is 10.4 Å². The van der Waals surface area contributed by atoms with Gasteiger partial charge in [-0.25, -0.2) is 4.39 Å². The van der Waals surface area contributed by atoms with Crippen molar-refractivity contribution in [2.24, 2.45) is 0 Å². The lowest BCUT2D eigenvalue weighted by atomic mass is 10.1. The minimum absolute atomic E-state index is 0.233. The standard InChI is InChI=1S/C16H15BrFNO/c17-13-5-11(6-14(18)7-13)8-19-9-12-3-1-2-4-16(20)15(12)10-19/h5-7,9-10H,1-4,8H2. The molecule has 0 fully saturated rings. The van der Waals surface area contributed by atoms with E-state index in [0.717, 1.165) is 40.4 Å². The number of nitrogens with zero attached hydrogens (tertiary/aromatic N) is 1. The van der Waals surface area contributed by atoms with Crippen LogP contribution in [0.25, 0.3) is 0 Å². The second-order valence-electron chi connectivity index (χ2n) is 5.28. The van der Waals surface area contributed by atoms with Crippen LogP contribution < -0.4 is 0 Å². The fraction of sp³-hybridized carbons (Fsp3) is 0.312. The summed E-state index contributed by atoms with van der Waals surface area (Å²) in [7, 11) is 0. The maximum absolute atomic E-state index is 13.4. The first-order chi connectivity index (χ1) is 9.61. The molecule has 0 radical (unpaired) electrons. The number of hydrogen-bond acceptors (Lipinski definition) is 1. The van der Waals surface area contributed by atoms with Gasteiger partial charge in [-0.2, -0.15) is 0 Å². The molecule has 0 aliphatic heterocycles. The summed E-state index contributed by atoms with van der Waals surface area (Å²) >= 11 is 3.30. The highest BCUT2D eigenvalue weighted by atomic mass is 79.9. The minimum Gasteiger partial charge on any atom is -0.349 e. The lowest BCUT2D eigenvalue weighted by Gasteiger charge is -2.05. The van der Waals surface area contributed by atoms with Gasteiger partial charge in [-0.1, -0.05) is 15.9 Å². The highest BCUT2D eigenvalue weighted by Gasteiger charge is 2.17. The highest BCUT2D eigenvalue weighted by molar-refractivity contribution is 9.10. The van der Waals surface area contributed by atoms with Gasteiger partial charge in [0.2, 0.25) is 0 Å². The number of aromatic nitrogens is 1. The normalized spacial score (nSPS) is 15.0. The van der Waals surface area contributed by atoms with Crippen LogP contribution in [0.15, 0.2) is 35.1 Å². The summed E-state index contributed by atoms with van der Waals surface area (Å²) in [5.74, 6) is -0.0177. The molecule has 1 aromatic carbocycles. The van der Waals surface area contributed by atoms with Crippen molar-refractivity contribution < 1.29 is 9.18 Å². The summed E-state index contributed by atoms with van der Waals surface area (Å²) in [6.45, 7) is 0.580. The maximum atomic E-state index is 13.4. The third-order valence-electron chi connectivity index (χ3n) is 3.65. The topological polar surface area (TPSA) is 22.0 Å². The molecular weight excluding hydrogens is 321 g/mol. The second-order valence-corrected chi connectivity index (χ2v) is 6.19. The van der Waals surface area contributed by atoms with Crippen LogP contribution >= 0.6 is 15.9 Å². The third-order valence-corrected chi connectivity index (χ3v) is 4.11. The molecule has 0 saturated heterocycles. The summed E-state index contributed by atoms with van der Waals surface area (Å²) in [6.07, 6.45) is 7.57. The molecule has 2 aromatic rings. The number of ketones is 1. The van der Waals surface area contributed by atoms with Crippen molar-refractivity contribution >= 4 is 21.7 Å². The zero-order valence-electron chi connectivity index (χ0n) is 11.0. The number of benzene rings is 1. The van der Waals surface area contributed by atoms with Crippen LogP contribution in [0.4, 0.5) is 4.39 Å². The Kier molecular flexibility index (Phi) is 3.74. The van der Waals surface area contributed by atoms with Gasteiger partial charge in [0, 0.05) is 35.4 Å². The van der Waals surface area contributed by atoms with E-state index in [2.05, 4.69) is 15.9 Å². The van der Waals surface area contributed by atoms with Crippen LogP contribution in [0.3, 0.4) is 0 Å². The Hall–Kier alpha value is -1.42. The quantitative estimate of drug-likeness (QED) is 0.748. The zero-order chi connectivity index (χ0) is 14.1. The van der Waals surface area contributed by atoms with Gasteiger partial charge in [0.15, 0.2) is 5.78 Å². The summed E-state index contributed by atoms with van der Waals surface area (Å²) in [5.41, 5.74) is 2.86. The number of rotatable bonds is 2. The smallest absolute Gasteiger partial charge is 0.164 e. The molecule has 1 aliphatic rings. The van der Waals surface area contributed by atoms with Crippen LogP contribution in [0, 0.1) is 5.82 Å². The van der Waals surface area contributed by atoms with E-state index in [9.17, 15) is 9.18 Å². The number of hydrogen-bond donors (Lipinski definition) is 0. The average molecular weight is 336 g/mol. The number of fused-ring (bicyclic) bond motifs is 1. The lowest BCUT2D eigenvalue weighted by molar-refractivity contribution is 0.0982. The number of halogens is 2. The lowest BCUT2D eigenvalue weighted by Crippen LogP contribution is -1.99. The molecule has 0 spiro atoms. The SMILES string of the molecule is O=C1CCCCc2cn(Cc3cc(F)cc(Br)c3)cc21. The van der Waals surface area contributed by atoms with Gasteiger partial charge in [-0.3, -0.25) is 4.79 Å². The minimum atomic E-state index is -0.251. The first-order valence-electron chi connectivity index (χ1n) is 6.78. The van der Waals surface area contributed by atoms with Gasteiger partial charge >= 0.3 is 0 Å². The molecule has 0 saturated carbocycles. The first-order valence-corrected chi connectivity index (χ1v) is 7.58. The monoisotopic (exact) mass is 335 g/mol. The van der Waals surface area contributed by atoms with Crippen molar-refractivity contribution in [1.29, 1.82) is 0 Å². The molecule has 0 unspecified atom stereocenters. The van der Waals surface area contributed by atoms with E-state index in [1.54, 1.807) is 0 Å². The molecule has 104 valence electrons. The Morgan fingerprint density at radius 2 is 1.95 bits per heavy atom. The van der Waals surface area contributed by atoms with Crippen molar-refractivity contribution in [2.45, 2.75) is 32.2 Å². The summed E-state index contributed by atoms with van der Waals surface area (Å²) in [5, 5.41) is 0. The average Bonchev–Trinajstić information content (AvgIpc) is 2.68. The van der Waals surface area contributed by atoms with E-state index >= 15 is 0 Å². The van der Waals surface area contributed by atoms with E-state index in [1.165, 1.54) is 12.1 Å². The zero-order valence-corrected chi connectivity index (χ0v) is 12.6.